The van der Waals surface area contributed by atoms with Crippen LogP contribution in [0.25, 0.3) is 0 Å². The van der Waals surface area contributed by atoms with Gasteiger partial charge in [0.25, 0.3) is 0 Å². The Morgan fingerprint density at radius 1 is 1.83 bits per heavy atom. The fourth-order valence-electron chi connectivity index (χ4n) is 0.758. The Kier molecular flexibility index (Phi) is 3.08. The van der Waals surface area contributed by atoms with Crippen molar-refractivity contribution >= 4 is 28.9 Å². The van der Waals surface area contributed by atoms with Crippen LogP contribution in [0, 0.1) is 0 Å². The van der Waals surface area contributed by atoms with Gasteiger partial charge < -0.3 is 10.8 Å². The zero-order valence-corrected chi connectivity index (χ0v) is 7.73. The Balaban J connectivity index is 2.64. The molecule has 3 N–H and O–H groups in total. The number of halogens is 1. The number of aliphatic carboxylic acids is 1. The van der Waals surface area contributed by atoms with Crippen LogP contribution in [-0.4, -0.2) is 17.1 Å². The Morgan fingerprint density at radius 2 is 2.50 bits per heavy atom. The first-order valence-electron chi connectivity index (χ1n) is 3.31. The van der Waals surface area contributed by atoms with Crippen LogP contribution in [-0.2, 0) is 11.2 Å². The smallest absolute Gasteiger partial charge is 0.320 e. The summed E-state index contributed by atoms with van der Waals surface area (Å²) in [6, 6.07) is 0.872. The predicted molar refractivity (Wildman–Crippen MR) is 48.6 cm³/mol. The lowest BCUT2D eigenvalue weighted by Crippen LogP contribution is -2.31. The SMILES string of the molecule is N[C@@H](Cc1sccc1Cl)C(=O)O. The number of carboxylic acid groups (broad SMARTS) is 1. The van der Waals surface area contributed by atoms with Crippen molar-refractivity contribution in [3.8, 4) is 0 Å². The molecule has 5 heteroatoms. The zero-order valence-electron chi connectivity index (χ0n) is 6.16. The maximum Gasteiger partial charge on any atom is 0.320 e. The summed E-state index contributed by atoms with van der Waals surface area (Å²) < 4.78 is 0. The van der Waals surface area contributed by atoms with Gasteiger partial charge in [-0.05, 0) is 11.4 Å². The first kappa shape index (κ1) is 9.51. The summed E-state index contributed by atoms with van der Waals surface area (Å²) in [5.74, 6) is -1.00. The second-order valence-electron chi connectivity index (χ2n) is 2.34. The maximum atomic E-state index is 10.4. The monoisotopic (exact) mass is 205 g/mol. The minimum absolute atomic E-state index is 0.297. The van der Waals surface area contributed by atoms with Crippen LogP contribution in [0.5, 0.6) is 0 Å². The highest BCUT2D eigenvalue weighted by Crippen LogP contribution is 2.22. The van der Waals surface area contributed by atoms with E-state index in [1.54, 1.807) is 6.07 Å². The molecular formula is C7H8ClNO2S. The number of hydrogen-bond donors (Lipinski definition) is 2. The summed E-state index contributed by atoms with van der Waals surface area (Å²) >= 11 is 7.17. The van der Waals surface area contributed by atoms with Gasteiger partial charge in [0.2, 0.25) is 0 Å². The highest BCUT2D eigenvalue weighted by molar-refractivity contribution is 7.10. The molecule has 0 amide bonds. The molecule has 0 radical (unpaired) electrons. The second-order valence-corrected chi connectivity index (χ2v) is 3.75. The van der Waals surface area contributed by atoms with Crippen LogP contribution < -0.4 is 5.73 Å². The van der Waals surface area contributed by atoms with E-state index in [2.05, 4.69) is 0 Å². The molecule has 0 fully saturated rings. The summed E-state index contributed by atoms with van der Waals surface area (Å²) in [6.45, 7) is 0. The third kappa shape index (κ3) is 2.20. The van der Waals surface area contributed by atoms with Crippen molar-refractivity contribution in [3.05, 3.63) is 21.3 Å². The van der Waals surface area contributed by atoms with Crippen LogP contribution in [0.3, 0.4) is 0 Å². The van der Waals surface area contributed by atoms with Gasteiger partial charge in [-0.2, -0.15) is 0 Å². The molecule has 1 aromatic rings. The normalized spacial score (nSPS) is 12.8. The van der Waals surface area contributed by atoms with Gasteiger partial charge >= 0.3 is 5.97 Å². The van der Waals surface area contributed by atoms with E-state index < -0.39 is 12.0 Å². The van der Waals surface area contributed by atoms with Crippen molar-refractivity contribution in [1.29, 1.82) is 0 Å². The van der Waals surface area contributed by atoms with Crippen LogP contribution in [0.15, 0.2) is 11.4 Å². The number of rotatable bonds is 3. The van der Waals surface area contributed by atoms with E-state index in [0.29, 0.717) is 11.4 Å². The maximum absolute atomic E-state index is 10.4. The topological polar surface area (TPSA) is 63.3 Å². The quantitative estimate of drug-likeness (QED) is 0.783. The molecule has 66 valence electrons. The van der Waals surface area contributed by atoms with Crippen molar-refractivity contribution in [3.63, 3.8) is 0 Å². The number of carbonyl (C=O) groups is 1. The molecule has 1 rings (SSSR count). The highest BCUT2D eigenvalue weighted by Gasteiger charge is 2.14. The van der Waals surface area contributed by atoms with Crippen molar-refractivity contribution in [2.45, 2.75) is 12.5 Å². The Labute approximate surface area is 78.8 Å². The van der Waals surface area contributed by atoms with E-state index in [0.717, 1.165) is 4.88 Å². The van der Waals surface area contributed by atoms with Crippen molar-refractivity contribution < 1.29 is 9.90 Å². The molecule has 1 heterocycles. The lowest BCUT2D eigenvalue weighted by molar-refractivity contribution is -0.138. The molecule has 0 unspecified atom stereocenters. The van der Waals surface area contributed by atoms with Crippen LogP contribution in [0.2, 0.25) is 5.02 Å². The van der Waals surface area contributed by atoms with Gasteiger partial charge in [-0.25, -0.2) is 0 Å². The van der Waals surface area contributed by atoms with Crippen LogP contribution in [0.4, 0.5) is 0 Å². The first-order chi connectivity index (χ1) is 5.61. The zero-order chi connectivity index (χ0) is 9.14. The van der Waals surface area contributed by atoms with Gasteiger partial charge in [-0.1, -0.05) is 11.6 Å². The molecule has 12 heavy (non-hydrogen) atoms. The van der Waals surface area contributed by atoms with Gasteiger partial charge in [-0.3, -0.25) is 4.79 Å². The van der Waals surface area contributed by atoms with Crippen LogP contribution >= 0.6 is 22.9 Å². The van der Waals surface area contributed by atoms with E-state index in [9.17, 15) is 4.79 Å². The Bertz CT molecular complexity index is 287. The fraction of sp³-hybridized carbons (Fsp3) is 0.286. The number of hydrogen-bond acceptors (Lipinski definition) is 3. The molecule has 0 aliphatic rings. The minimum atomic E-state index is -1.00. The molecule has 0 spiro atoms. The molecule has 1 aromatic heterocycles. The van der Waals surface area contributed by atoms with E-state index in [4.69, 9.17) is 22.4 Å². The molecule has 0 bridgehead atoms. The summed E-state index contributed by atoms with van der Waals surface area (Å²) in [5.41, 5.74) is 5.33. The lowest BCUT2D eigenvalue weighted by atomic mass is 10.2. The summed E-state index contributed by atoms with van der Waals surface area (Å²) in [7, 11) is 0. The fourth-order valence-corrected chi connectivity index (χ4v) is 1.93. The van der Waals surface area contributed by atoms with Crippen molar-refractivity contribution in [2.75, 3.05) is 0 Å². The van der Waals surface area contributed by atoms with E-state index in [1.165, 1.54) is 11.3 Å². The van der Waals surface area contributed by atoms with Crippen molar-refractivity contribution in [1.82, 2.24) is 0 Å². The van der Waals surface area contributed by atoms with Gasteiger partial charge in [0.15, 0.2) is 0 Å². The average Bonchev–Trinajstić information content (AvgIpc) is 2.36. The summed E-state index contributed by atoms with van der Waals surface area (Å²) in [6.07, 6.45) is 0.297. The second kappa shape index (κ2) is 3.89. The van der Waals surface area contributed by atoms with E-state index >= 15 is 0 Å². The lowest BCUT2D eigenvalue weighted by Gasteiger charge is -2.03. The van der Waals surface area contributed by atoms with Gasteiger partial charge in [-0.15, -0.1) is 11.3 Å². The highest BCUT2D eigenvalue weighted by atomic mass is 35.5. The van der Waals surface area contributed by atoms with Gasteiger partial charge in [0, 0.05) is 11.3 Å². The van der Waals surface area contributed by atoms with E-state index in [-0.39, 0.29) is 0 Å². The molecular weight excluding hydrogens is 198 g/mol. The third-order valence-electron chi connectivity index (χ3n) is 1.41. The molecule has 0 saturated heterocycles. The Morgan fingerprint density at radius 3 is 2.92 bits per heavy atom. The number of thiophene rings is 1. The average molecular weight is 206 g/mol. The minimum Gasteiger partial charge on any atom is -0.480 e. The molecule has 0 aliphatic heterocycles. The number of nitrogens with two attached hydrogens (primary N) is 1. The number of carboxylic acids is 1. The molecule has 0 saturated carbocycles. The summed E-state index contributed by atoms with van der Waals surface area (Å²) in [4.78, 5) is 11.2. The third-order valence-corrected chi connectivity index (χ3v) is 2.82. The van der Waals surface area contributed by atoms with Gasteiger partial charge in [0.1, 0.15) is 6.04 Å². The standard InChI is InChI=1S/C7H8ClNO2S/c8-4-1-2-12-6(4)3-5(9)7(10)11/h1-2,5H,3,9H2,(H,10,11)/t5-/m0/s1. The molecule has 3 nitrogen and oxygen atoms in total. The molecule has 0 aliphatic carbocycles. The first-order valence-corrected chi connectivity index (χ1v) is 4.57. The Hall–Kier alpha value is -0.580. The van der Waals surface area contributed by atoms with Crippen LogP contribution in [0.1, 0.15) is 4.88 Å². The summed E-state index contributed by atoms with van der Waals surface area (Å²) in [5, 5.41) is 10.9. The van der Waals surface area contributed by atoms with Crippen molar-refractivity contribution in [2.24, 2.45) is 5.73 Å². The van der Waals surface area contributed by atoms with E-state index in [1.807, 2.05) is 5.38 Å². The largest absolute Gasteiger partial charge is 0.480 e. The molecule has 0 aromatic carbocycles. The van der Waals surface area contributed by atoms with Gasteiger partial charge in [0.05, 0.1) is 5.02 Å². The predicted octanol–water partition coefficient (Wildman–Crippen LogP) is 1.36. The molecule has 1 atom stereocenters.